The number of ether oxygens (including phenoxy) is 1. The van der Waals surface area contributed by atoms with Gasteiger partial charge in [-0.2, -0.15) is 0 Å². The molecule has 2 atom stereocenters. The molecule has 0 bridgehead atoms. The normalized spacial score (nSPS) is 24.3. The zero-order valence-corrected chi connectivity index (χ0v) is 17.1. The lowest BCUT2D eigenvalue weighted by Crippen LogP contribution is -2.32. The molecule has 5 rings (SSSR count). The number of piperidine rings is 1. The van der Waals surface area contributed by atoms with Crippen molar-refractivity contribution >= 4 is 23.0 Å². The fourth-order valence-electron chi connectivity index (χ4n) is 4.72. The Hall–Kier alpha value is -3.49. The molecule has 4 heterocycles. The van der Waals surface area contributed by atoms with Gasteiger partial charge in [0.2, 0.25) is 5.91 Å². The number of rotatable bonds is 6. The number of aryl methyl sites for hydroxylation is 1. The van der Waals surface area contributed by atoms with Crippen LogP contribution in [0.4, 0.5) is 5.69 Å². The van der Waals surface area contributed by atoms with Gasteiger partial charge >= 0.3 is 0 Å². The zero-order chi connectivity index (χ0) is 21.0. The molecular formula is C21H25N7O2. The Labute approximate surface area is 174 Å². The van der Waals surface area contributed by atoms with Gasteiger partial charge in [0.05, 0.1) is 36.7 Å². The number of methoxy groups -OCH3 is 1. The van der Waals surface area contributed by atoms with Crippen LogP contribution in [0, 0.1) is 17.8 Å². The van der Waals surface area contributed by atoms with Crippen LogP contribution in [0.3, 0.4) is 0 Å². The second-order valence-electron chi connectivity index (χ2n) is 8.06. The average Bonchev–Trinajstić information content (AvgIpc) is 3.21. The Balaban J connectivity index is 1.35. The number of H-pyrrole nitrogens is 1. The number of aromatic amines is 1. The van der Waals surface area contributed by atoms with Crippen molar-refractivity contribution < 1.29 is 9.53 Å². The molecule has 0 radical (unpaired) electrons. The summed E-state index contributed by atoms with van der Waals surface area (Å²) in [5.74, 6) is 2.20. The first-order valence-electron chi connectivity index (χ1n) is 9.97. The molecule has 3 aliphatic rings. The minimum atomic E-state index is 0.0298. The van der Waals surface area contributed by atoms with Crippen molar-refractivity contribution in [2.24, 2.45) is 24.8 Å². The van der Waals surface area contributed by atoms with E-state index in [1.54, 1.807) is 18.1 Å². The van der Waals surface area contributed by atoms with E-state index in [1.165, 1.54) is 6.08 Å². The lowest BCUT2D eigenvalue weighted by atomic mass is 10.1. The smallest absolute Gasteiger partial charge is 0.256 e. The summed E-state index contributed by atoms with van der Waals surface area (Å²) < 4.78 is 7.07. The molecule has 1 saturated heterocycles. The quantitative estimate of drug-likeness (QED) is 0.709. The van der Waals surface area contributed by atoms with Crippen LogP contribution in [-0.4, -0.2) is 62.2 Å². The molecule has 30 heavy (non-hydrogen) atoms. The van der Waals surface area contributed by atoms with E-state index < -0.39 is 0 Å². The number of carbonyl (C=O) groups excluding carboxylic acids is 1. The Kier molecular flexibility index (Phi) is 4.19. The van der Waals surface area contributed by atoms with Gasteiger partial charge in [0.1, 0.15) is 11.4 Å². The number of imidazole rings is 1. The van der Waals surface area contributed by atoms with Gasteiger partial charge in [0, 0.05) is 32.9 Å². The number of amides is 1. The van der Waals surface area contributed by atoms with Gasteiger partial charge in [0.15, 0.2) is 0 Å². The van der Waals surface area contributed by atoms with Gasteiger partial charge in [-0.3, -0.25) is 9.48 Å². The fraction of sp³-hybridized carbons (Fsp3) is 0.381. The maximum Gasteiger partial charge on any atom is 0.256 e. The highest BCUT2D eigenvalue weighted by molar-refractivity contribution is 5.87. The van der Waals surface area contributed by atoms with Crippen LogP contribution in [-0.2, 0) is 11.8 Å². The monoisotopic (exact) mass is 407 g/mol. The Morgan fingerprint density at radius 2 is 2.20 bits per heavy atom. The van der Waals surface area contributed by atoms with Crippen molar-refractivity contribution in [3.8, 4) is 5.88 Å². The third-order valence-corrected chi connectivity index (χ3v) is 6.34. The lowest BCUT2D eigenvalue weighted by Gasteiger charge is -2.29. The van der Waals surface area contributed by atoms with Crippen LogP contribution in [0.25, 0.3) is 11.4 Å². The number of hydrogen-bond donors (Lipinski definition) is 2. The molecule has 1 saturated carbocycles. The highest BCUT2D eigenvalue weighted by Gasteiger charge is 2.56. The largest absolute Gasteiger partial charge is 0.478 e. The number of carbonyl (C=O) groups is 1. The summed E-state index contributed by atoms with van der Waals surface area (Å²) in [5, 5.41) is 7.71. The van der Waals surface area contributed by atoms with Gasteiger partial charge in [-0.25, -0.2) is 4.98 Å². The van der Waals surface area contributed by atoms with E-state index in [9.17, 15) is 4.79 Å². The number of likely N-dealkylation sites (tertiary alicyclic amines) is 1. The van der Waals surface area contributed by atoms with Crippen LogP contribution in [0.2, 0.25) is 0 Å². The van der Waals surface area contributed by atoms with E-state index >= 15 is 0 Å². The van der Waals surface area contributed by atoms with Gasteiger partial charge in [0.25, 0.3) is 5.88 Å². The van der Waals surface area contributed by atoms with E-state index in [0.717, 1.165) is 48.1 Å². The Morgan fingerprint density at radius 1 is 1.43 bits per heavy atom. The number of aromatic nitrogens is 4. The number of fused-ring (bicyclic) bond motifs is 2. The molecule has 2 fully saturated rings. The molecule has 9 nitrogen and oxygen atoms in total. The molecule has 0 spiro atoms. The van der Waals surface area contributed by atoms with Gasteiger partial charge in [-0.05, 0) is 23.8 Å². The fourth-order valence-corrected chi connectivity index (χ4v) is 4.72. The number of anilines is 1. The average molecular weight is 407 g/mol. The molecule has 9 heteroatoms. The Morgan fingerprint density at radius 3 is 2.90 bits per heavy atom. The molecule has 2 aromatic heterocycles. The summed E-state index contributed by atoms with van der Waals surface area (Å²) in [5.41, 5.74) is 4.25. The molecule has 1 amide bonds. The van der Waals surface area contributed by atoms with Crippen LogP contribution >= 0.6 is 0 Å². The van der Waals surface area contributed by atoms with Crippen molar-refractivity contribution in [2.45, 2.75) is 0 Å². The van der Waals surface area contributed by atoms with E-state index in [-0.39, 0.29) is 5.91 Å². The standard InChI is InChI=1S/C21H25N7O2/c1-5-18(29)28-7-14-13(15(14)8-28)6-27-10-16(20-19(12(27)2)22-11-23-20)24-17-9-26(3)25-21(17)30-4/h5,9-11,13-15,24H,1-2,6-8H2,3-4H3,(H,22,23). The van der Waals surface area contributed by atoms with Crippen LogP contribution < -0.4 is 10.1 Å². The maximum atomic E-state index is 11.8. The van der Waals surface area contributed by atoms with E-state index in [0.29, 0.717) is 23.6 Å². The van der Waals surface area contributed by atoms with Crippen LogP contribution in [0.1, 0.15) is 11.4 Å². The topological polar surface area (TPSA) is 91.3 Å². The third kappa shape index (κ3) is 2.89. The maximum absolute atomic E-state index is 11.8. The highest BCUT2D eigenvalue weighted by atomic mass is 16.5. The van der Waals surface area contributed by atoms with E-state index in [4.69, 9.17) is 4.74 Å². The predicted octanol–water partition coefficient (Wildman–Crippen LogP) is 1.74. The molecule has 1 aliphatic carbocycles. The van der Waals surface area contributed by atoms with Gasteiger partial charge in [-0.1, -0.05) is 13.2 Å². The first-order chi connectivity index (χ1) is 14.5. The van der Waals surface area contributed by atoms with Gasteiger partial charge < -0.3 is 24.8 Å². The van der Waals surface area contributed by atoms with Crippen molar-refractivity contribution in [1.29, 1.82) is 0 Å². The summed E-state index contributed by atoms with van der Waals surface area (Å²) in [6, 6.07) is 0. The summed E-state index contributed by atoms with van der Waals surface area (Å²) >= 11 is 0. The first kappa shape index (κ1) is 18.5. The van der Waals surface area contributed by atoms with Crippen molar-refractivity contribution in [3.63, 3.8) is 0 Å². The van der Waals surface area contributed by atoms with E-state index in [2.05, 4.69) is 44.6 Å². The number of nitrogens with zero attached hydrogens (tertiary/aromatic N) is 5. The zero-order valence-electron chi connectivity index (χ0n) is 17.1. The Bertz CT molecular complexity index is 1050. The molecule has 2 unspecified atom stereocenters. The van der Waals surface area contributed by atoms with Crippen molar-refractivity contribution in [2.75, 3.05) is 32.1 Å². The molecular weight excluding hydrogens is 382 g/mol. The second-order valence-corrected chi connectivity index (χ2v) is 8.06. The van der Waals surface area contributed by atoms with Gasteiger partial charge in [-0.15, -0.1) is 5.10 Å². The minimum absolute atomic E-state index is 0.0298. The number of hydrogen-bond acceptors (Lipinski definition) is 6. The summed E-state index contributed by atoms with van der Waals surface area (Å²) in [4.78, 5) is 23.6. The molecule has 2 aromatic rings. The van der Waals surface area contributed by atoms with Crippen LogP contribution in [0.5, 0.6) is 5.88 Å². The van der Waals surface area contributed by atoms with Crippen molar-refractivity contribution in [3.05, 3.63) is 49.3 Å². The molecule has 2 aliphatic heterocycles. The van der Waals surface area contributed by atoms with Crippen molar-refractivity contribution in [1.82, 2.24) is 29.5 Å². The summed E-state index contributed by atoms with van der Waals surface area (Å²) in [7, 11) is 3.45. The number of nitrogens with one attached hydrogen (secondary N) is 2. The molecule has 2 N–H and O–H groups in total. The second kappa shape index (κ2) is 6.79. The molecule has 156 valence electrons. The minimum Gasteiger partial charge on any atom is -0.478 e. The first-order valence-corrected chi connectivity index (χ1v) is 9.97. The third-order valence-electron chi connectivity index (χ3n) is 6.34. The lowest BCUT2D eigenvalue weighted by molar-refractivity contribution is -0.125. The summed E-state index contributed by atoms with van der Waals surface area (Å²) in [6.45, 7) is 10.4. The summed E-state index contributed by atoms with van der Waals surface area (Å²) in [6.07, 6.45) is 7.01. The van der Waals surface area contributed by atoms with E-state index in [1.807, 2.05) is 18.1 Å². The molecule has 0 aromatic carbocycles. The van der Waals surface area contributed by atoms with Crippen LogP contribution in [0.15, 0.2) is 38.0 Å². The predicted molar refractivity (Wildman–Crippen MR) is 113 cm³/mol. The SMILES string of the molecule is C=CC(=O)N1CC2C(CN3C=C(Nc4cn(C)nc4OC)c4nc[nH]c4C3=C)C2C1. The highest BCUT2D eigenvalue weighted by Crippen LogP contribution is 2.53.